The molecule has 0 unspecified atom stereocenters. The third kappa shape index (κ3) is 3.40. The molecule has 110 valence electrons. The average molecular weight is 282 g/mol. The Hall–Kier alpha value is -2.36. The molecule has 21 heavy (non-hydrogen) atoms. The lowest BCUT2D eigenvalue weighted by Gasteiger charge is -2.30. The molecule has 0 atom stereocenters. The maximum atomic E-state index is 7.84. The van der Waals surface area contributed by atoms with Crippen LogP contribution >= 0.6 is 0 Å². The van der Waals surface area contributed by atoms with Crippen LogP contribution in [0.4, 0.5) is 5.82 Å². The van der Waals surface area contributed by atoms with Gasteiger partial charge in [-0.15, -0.1) is 0 Å². The fraction of sp³-hybridized carbons (Fsp3) is 0.294. The van der Waals surface area contributed by atoms with Crippen molar-refractivity contribution in [2.75, 3.05) is 4.90 Å². The zero-order valence-electron chi connectivity index (χ0n) is 12.8. The Bertz CT molecular complexity index is 620. The molecule has 2 aromatic rings. The first kappa shape index (κ1) is 15.0. The van der Waals surface area contributed by atoms with Gasteiger partial charge in [-0.3, -0.25) is 5.41 Å². The third-order valence-electron chi connectivity index (χ3n) is 3.50. The van der Waals surface area contributed by atoms with Gasteiger partial charge in [0.05, 0.1) is 5.56 Å². The highest BCUT2D eigenvalue weighted by molar-refractivity contribution is 6.01. The Labute approximate surface area is 126 Å². The van der Waals surface area contributed by atoms with Crippen molar-refractivity contribution >= 4 is 11.7 Å². The Morgan fingerprint density at radius 1 is 1.24 bits per heavy atom. The number of nitrogens with two attached hydrogens (primary N) is 1. The number of nitrogens with zero attached hydrogens (tertiary/aromatic N) is 2. The van der Waals surface area contributed by atoms with Crippen molar-refractivity contribution in [2.24, 2.45) is 5.73 Å². The minimum Gasteiger partial charge on any atom is -0.384 e. The van der Waals surface area contributed by atoms with E-state index in [9.17, 15) is 0 Å². The summed E-state index contributed by atoms with van der Waals surface area (Å²) in [4.78, 5) is 6.66. The molecule has 0 bridgehead atoms. The molecule has 1 heterocycles. The molecule has 0 saturated heterocycles. The quantitative estimate of drug-likeness (QED) is 0.654. The van der Waals surface area contributed by atoms with Crippen LogP contribution in [0.15, 0.2) is 42.6 Å². The Morgan fingerprint density at radius 2 is 1.90 bits per heavy atom. The zero-order valence-corrected chi connectivity index (χ0v) is 12.8. The van der Waals surface area contributed by atoms with Gasteiger partial charge in [0.15, 0.2) is 0 Å². The summed E-state index contributed by atoms with van der Waals surface area (Å²) >= 11 is 0. The highest BCUT2D eigenvalue weighted by atomic mass is 15.2. The topological polar surface area (TPSA) is 66.0 Å². The second kappa shape index (κ2) is 6.39. The first-order valence-corrected chi connectivity index (χ1v) is 7.11. The molecule has 0 radical (unpaired) electrons. The van der Waals surface area contributed by atoms with E-state index >= 15 is 0 Å². The van der Waals surface area contributed by atoms with Gasteiger partial charge in [0.25, 0.3) is 0 Å². The molecule has 1 aromatic carbocycles. The summed E-state index contributed by atoms with van der Waals surface area (Å²) < 4.78 is 0. The molecule has 0 fully saturated rings. The van der Waals surface area contributed by atoms with E-state index in [1.807, 2.05) is 31.2 Å². The standard InChI is InChI=1S/C17H22N4/c1-12(2)21(11-14-7-5-4-6-8-14)17-15(16(18)19)13(3)9-10-20-17/h4-10,12H,11H2,1-3H3,(H3,18,19). The van der Waals surface area contributed by atoms with Gasteiger partial charge in [0.2, 0.25) is 0 Å². The number of rotatable bonds is 5. The number of anilines is 1. The molecule has 0 amide bonds. The number of hydrogen-bond acceptors (Lipinski definition) is 3. The largest absolute Gasteiger partial charge is 0.384 e. The molecule has 3 N–H and O–H groups in total. The van der Waals surface area contributed by atoms with Crippen LogP contribution in [-0.4, -0.2) is 16.9 Å². The highest BCUT2D eigenvalue weighted by Gasteiger charge is 2.19. The van der Waals surface area contributed by atoms with E-state index < -0.39 is 0 Å². The van der Waals surface area contributed by atoms with Gasteiger partial charge in [-0.05, 0) is 38.0 Å². The van der Waals surface area contributed by atoms with Crippen molar-refractivity contribution in [1.29, 1.82) is 5.41 Å². The molecule has 0 aliphatic heterocycles. The van der Waals surface area contributed by atoms with Gasteiger partial charge >= 0.3 is 0 Å². The summed E-state index contributed by atoms with van der Waals surface area (Å²) in [7, 11) is 0. The van der Waals surface area contributed by atoms with E-state index in [4.69, 9.17) is 11.1 Å². The molecule has 1 aromatic heterocycles. The second-order valence-corrected chi connectivity index (χ2v) is 5.45. The van der Waals surface area contributed by atoms with Crippen LogP contribution in [0.1, 0.15) is 30.5 Å². The number of nitrogens with one attached hydrogen (secondary N) is 1. The van der Waals surface area contributed by atoms with Gasteiger partial charge in [-0.1, -0.05) is 30.3 Å². The van der Waals surface area contributed by atoms with E-state index in [1.54, 1.807) is 6.20 Å². The summed E-state index contributed by atoms with van der Waals surface area (Å²) in [5.41, 5.74) is 8.68. The molecule has 0 spiro atoms. The predicted octanol–water partition coefficient (Wildman–Crippen LogP) is 3.09. The number of nitrogen functional groups attached to an aromatic ring is 1. The lowest BCUT2D eigenvalue weighted by Crippen LogP contribution is -2.33. The highest BCUT2D eigenvalue weighted by Crippen LogP contribution is 2.24. The van der Waals surface area contributed by atoms with Gasteiger partial charge in [-0.2, -0.15) is 0 Å². The maximum absolute atomic E-state index is 7.84. The number of aryl methyl sites for hydroxylation is 1. The summed E-state index contributed by atoms with van der Waals surface area (Å²) in [6.07, 6.45) is 1.78. The van der Waals surface area contributed by atoms with Crippen LogP contribution < -0.4 is 10.6 Å². The van der Waals surface area contributed by atoms with Gasteiger partial charge in [-0.25, -0.2) is 4.98 Å². The molecule has 4 heteroatoms. The first-order valence-electron chi connectivity index (χ1n) is 7.11. The van der Waals surface area contributed by atoms with Crippen molar-refractivity contribution in [3.8, 4) is 0 Å². The Kier molecular flexibility index (Phi) is 4.58. The summed E-state index contributed by atoms with van der Waals surface area (Å²) in [6, 6.07) is 12.4. The fourth-order valence-corrected chi connectivity index (χ4v) is 2.38. The molecular weight excluding hydrogens is 260 g/mol. The summed E-state index contributed by atoms with van der Waals surface area (Å²) in [5, 5.41) is 7.84. The number of hydrogen-bond donors (Lipinski definition) is 2. The van der Waals surface area contributed by atoms with Gasteiger partial charge < -0.3 is 10.6 Å². The molecule has 0 saturated carbocycles. The van der Waals surface area contributed by atoms with E-state index in [2.05, 4.69) is 35.9 Å². The minimum atomic E-state index is 0.0642. The van der Waals surface area contributed by atoms with Crippen molar-refractivity contribution in [1.82, 2.24) is 4.98 Å². The maximum Gasteiger partial charge on any atom is 0.140 e. The number of aromatic nitrogens is 1. The number of pyridine rings is 1. The number of benzene rings is 1. The SMILES string of the molecule is Cc1ccnc(N(Cc2ccccc2)C(C)C)c1C(=N)N. The predicted molar refractivity (Wildman–Crippen MR) is 87.8 cm³/mol. The van der Waals surface area contributed by atoms with E-state index in [-0.39, 0.29) is 11.9 Å². The molecular formula is C17H22N4. The van der Waals surface area contributed by atoms with E-state index in [1.165, 1.54) is 5.56 Å². The van der Waals surface area contributed by atoms with Crippen LogP contribution in [-0.2, 0) is 6.54 Å². The smallest absolute Gasteiger partial charge is 0.140 e. The van der Waals surface area contributed by atoms with Crippen LogP contribution in [0.2, 0.25) is 0 Å². The van der Waals surface area contributed by atoms with Crippen LogP contribution in [0.3, 0.4) is 0 Å². The Balaban J connectivity index is 2.44. The lowest BCUT2D eigenvalue weighted by atomic mass is 10.1. The lowest BCUT2D eigenvalue weighted by molar-refractivity contribution is 0.671. The molecule has 4 nitrogen and oxygen atoms in total. The van der Waals surface area contributed by atoms with Crippen LogP contribution in [0.5, 0.6) is 0 Å². The van der Waals surface area contributed by atoms with Gasteiger partial charge in [0.1, 0.15) is 11.7 Å². The van der Waals surface area contributed by atoms with E-state index in [0.717, 1.165) is 23.5 Å². The van der Waals surface area contributed by atoms with Crippen LogP contribution in [0, 0.1) is 12.3 Å². The summed E-state index contributed by atoms with van der Waals surface area (Å²) in [6.45, 7) is 6.95. The zero-order chi connectivity index (χ0) is 15.4. The third-order valence-corrected chi connectivity index (χ3v) is 3.50. The Morgan fingerprint density at radius 3 is 2.48 bits per heavy atom. The van der Waals surface area contributed by atoms with Crippen molar-refractivity contribution in [2.45, 2.75) is 33.4 Å². The fourth-order valence-electron chi connectivity index (χ4n) is 2.38. The molecule has 0 aliphatic carbocycles. The molecule has 2 rings (SSSR count). The van der Waals surface area contributed by atoms with Gasteiger partial charge in [0, 0.05) is 18.8 Å². The van der Waals surface area contributed by atoms with Crippen molar-refractivity contribution < 1.29 is 0 Å². The summed E-state index contributed by atoms with van der Waals surface area (Å²) in [5.74, 6) is 0.843. The van der Waals surface area contributed by atoms with Crippen LogP contribution in [0.25, 0.3) is 0 Å². The minimum absolute atomic E-state index is 0.0642. The normalized spacial score (nSPS) is 10.7. The van der Waals surface area contributed by atoms with Crippen molar-refractivity contribution in [3.05, 3.63) is 59.3 Å². The first-order chi connectivity index (χ1) is 10.0. The molecule has 0 aliphatic rings. The van der Waals surface area contributed by atoms with Crippen molar-refractivity contribution in [3.63, 3.8) is 0 Å². The monoisotopic (exact) mass is 282 g/mol. The number of amidine groups is 1. The van der Waals surface area contributed by atoms with E-state index in [0.29, 0.717) is 0 Å². The second-order valence-electron chi connectivity index (χ2n) is 5.45. The average Bonchev–Trinajstić information content (AvgIpc) is 2.45.